The van der Waals surface area contributed by atoms with E-state index in [1.165, 1.54) is 6.42 Å². The van der Waals surface area contributed by atoms with Crippen LogP contribution in [-0.2, 0) is 0 Å². The lowest BCUT2D eigenvalue weighted by Crippen LogP contribution is -2.15. The van der Waals surface area contributed by atoms with Gasteiger partial charge in [0.15, 0.2) is 5.69 Å². The van der Waals surface area contributed by atoms with Crippen LogP contribution < -0.4 is 5.32 Å². The van der Waals surface area contributed by atoms with Crippen molar-refractivity contribution in [2.75, 3.05) is 6.54 Å². The minimum Gasteiger partial charge on any atom is -0.307 e. The lowest BCUT2D eigenvalue weighted by atomic mass is 10.2. The van der Waals surface area contributed by atoms with Gasteiger partial charge in [-0.15, -0.1) is 0 Å². The SMILES string of the molecule is Cc1cccn2c(C3CCCN3)nc(C#N)c12. The lowest BCUT2D eigenvalue weighted by molar-refractivity contribution is 0.602. The highest BCUT2D eigenvalue weighted by Crippen LogP contribution is 2.26. The molecule has 1 atom stereocenters. The van der Waals surface area contributed by atoms with Crippen molar-refractivity contribution in [2.24, 2.45) is 0 Å². The third-order valence-electron chi connectivity index (χ3n) is 3.37. The van der Waals surface area contributed by atoms with Crippen molar-refractivity contribution >= 4 is 5.52 Å². The second-order valence-electron chi connectivity index (χ2n) is 4.49. The number of hydrogen-bond donors (Lipinski definition) is 1. The number of nitriles is 1. The molecule has 0 aromatic carbocycles. The molecule has 2 aromatic heterocycles. The van der Waals surface area contributed by atoms with E-state index in [1.807, 2.05) is 25.3 Å². The monoisotopic (exact) mass is 226 g/mol. The fraction of sp³-hybridized carbons (Fsp3) is 0.385. The number of pyridine rings is 1. The Balaban J connectivity index is 2.26. The molecular formula is C13H14N4. The van der Waals surface area contributed by atoms with E-state index in [1.54, 1.807) is 0 Å². The van der Waals surface area contributed by atoms with Crippen LogP contribution in [0.2, 0.25) is 0 Å². The van der Waals surface area contributed by atoms with Crippen molar-refractivity contribution in [2.45, 2.75) is 25.8 Å². The summed E-state index contributed by atoms with van der Waals surface area (Å²) in [5, 5.41) is 12.6. The van der Waals surface area contributed by atoms with Crippen molar-refractivity contribution in [1.29, 1.82) is 5.26 Å². The molecule has 2 aromatic rings. The molecular weight excluding hydrogens is 212 g/mol. The summed E-state index contributed by atoms with van der Waals surface area (Å²) in [4.78, 5) is 4.49. The molecule has 1 aliphatic heterocycles. The second kappa shape index (κ2) is 3.86. The molecule has 1 saturated heterocycles. The van der Waals surface area contributed by atoms with Crippen molar-refractivity contribution in [3.8, 4) is 6.07 Å². The molecule has 0 bridgehead atoms. The van der Waals surface area contributed by atoms with Gasteiger partial charge in [0, 0.05) is 6.20 Å². The maximum absolute atomic E-state index is 9.17. The van der Waals surface area contributed by atoms with E-state index in [9.17, 15) is 0 Å². The summed E-state index contributed by atoms with van der Waals surface area (Å²) in [6.07, 6.45) is 4.26. The molecule has 0 aliphatic carbocycles. The third-order valence-corrected chi connectivity index (χ3v) is 3.37. The Morgan fingerprint density at radius 3 is 3.18 bits per heavy atom. The Hall–Kier alpha value is -1.86. The molecule has 0 saturated carbocycles. The normalized spacial score (nSPS) is 19.6. The molecule has 0 amide bonds. The minimum atomic E-state index is 0.284. The number of fused-ring (bicyclic) bond motifs is 1. The van der Waals surface area contributed by atoms with Gasteiger partial charge in [0.25, 0.3) is 0 Å². The predicted octanol–water partition coefficient (Wildman–Crippen LogP) is 1.94. The van der Waals surface area contributed by atoms with E-state index >= 15 is 0 Å². The highest BCUT2D eigenvalue weighted by atomic mass is 15.1. The first-order valence-corrected chi connectivity index (χ1v) is 5.92. The third kappa shape index (κ3) is 1.51. The van der Waals surface area contributed by atoms with Crippen LogP contribution in [0.5, 0.6) is 0 Å². The smallest absolute Gasteiger partial charge is 0.166 e. The predicted molar refractivity (Wildman–Crippen MR) is 64.6 cm³/mol. The number of aryl methyl sites for hydroxylation is 1. The average Bonchev–Trinajstić information content (AvgIpc) is 2.95. The zero-order valence-electron chi connectivity index (χ0n) is 9.77. The summed E-state index contributed by atoms with van der Waals surface area (Å²) in [6, 6.07) is 6.50. The van der Waals surface area contributed by atoms with E-state index in [2.05, 4.69) is 20.8 Å². The minimum absolute atomic E-state index is 0.284. The Morgan fingerprint density at radius 2 is 2.47 bits per heavy atom. The number of rotatable bonds is 1. The Bertz CT molecular complexity index is 600. The number of imidazole rings is 1. The number of nitrogens with one attached hydrogen (secondary N) is 1. The molecule has 17 heavy (non-hydrogen) atoms. The van der Waals surface area contributed by atoms with Gasteiger partial charge >= 0.3 is 0 Å². The summed E-state index contributed by atoms with van der Waals surface area (Å²) in [6.45, 7) is 3.05. The summed E-state index contributed by atoms with van der Waals surface area (Å²) < 4.78 is 2.05. The molecule has 4 nitrogen and oxygen atoms in total. The van der Waals surface area contributed by atoms with Gasteiger partial charge in [-0.1, -0.05) is 6.07 Å². The van der Waals surface area contributed by atoms with Gasteiger partial charge in [-0.2, -0.15) is 5.26 Å². The van der Waals surface area contributed by atoms with Crippen molar-refractivity contribution in [1.82, 2.24) is 14.7 Å². The Morgan fingerprint density at radius 1 is 1.59 bits per heavy atom. The zero-order chi connectivity index (χ0) is 11.8. The highest BCUT2D eigenvalue weighted by Gasteiger charge is 2.23. The fourth-order valence-electron chi connectivity index (χ4n) is 2.56. The molecule has 0 radical (unpaired) electrons. The molecule has 1 aliphatic rings. The topological polar surface area (TPSA) is 53.1 Å². The van der Waals surface area contributed by atoms with Gasteiger partial charge in [-0.05, 0) is 37.9 Å². The van der Waals surface area contributed by atoms with Crippen LogP contribution in [0.25, 0.3) is 5.52 Å². The summed E-state index contributed by atoms with van der Waals surface area (Å²) in [7, 11) is 0. The van der Waals surface area contributed by atoms with E-state index < -0.39 is 0 Å². The number of hydrogen-bond acceptors (Lipinski definition) is 3. The van der Waals surface area contributed by atoms with Gasteiger partial charge < -0.3 is 9.72 Å². The number of aromatic nitrogens is 2. The van der Waals surface area contributed by atoms with E-state index in [4.69, 9.17) is 5.26 Å². The molecule has 0 spiro atoms. The maximum atomic E-state index is 9.17. The summed E-state index contributed by atoms with van der Waals surface area (Å²) in [5.41, 5.74) is 2.58. The van der Waals surface area contributed by atoms with E-state index in [0.29, 0.717) is 5.69 Å². The van der Waals surface area contributed by atoms with Crippen LogP contribution >= 0.6 is 0 Å². The molecule has 3 heterocycles. The van der Waals surface area contributed by atoms with Gasteiger partial charge in [-0.25, -0.2) is 4.98 Å². The molecule has 86 valence electrons. The Labute approximate surface area is 99.9 Å². The van der Waals surface area contributed by atoms with Crippen LogP contribution in [0.1, 0.15) is 36.0 Å². The van der Waals surface area contributed by atoms with E-state index in [-0.39, 0.29) is 6.04 Å². The fourth-order valence-corrected chi connectivity index (χ4v) is 2.56. The second-order valence-corrected chi connectivity index (χ2v) is 4.49. The van der Waals surface area contributed by atoms with Crippen LogP contribution in [0.15, 0.2) is 18.3 Å². The lowest BCUT2D eigenvalue weighted by Gasteiger charge is -2.09. The van der Waals surface area contributed by atoms with Crippen LogP contribution in [0.3, 0.4) is 0 Å². The first-order chi connectivity index (χ1) is 8.31. The Kier molecular flexibility index (Phi) is 2.34. The van der Waals surface area contributed by atoms with E-state index in [0.717, 1.165) is 29.9 Å². The molecule has 4 heteroatoms. The standard InChI is InChI=1S/C13H14N4/c1-9-4-3-7-17-12(9)11(8-14)16-13(17)10-5-2-6-15-10/h3-4,7,10,15H,2,5-6H2,1H3. The first kappa shape index (κ1) is 10.3. The molecule has 1 unspecified atom stereocenters. The molecule has 1 N–H and O–H groups in total. The first-order valence-electron chi connectivity index (χ1n) is 5.92. The van der Waals surface area contributed by atoms with Gasteiger partial charge in [0.2, 0.25) is 0 Å². The van der Waals surface area contributed by atoms with Crippen molar-refractivity contribution < 1.29 is 0 Å². The van der Waals surface area contributed by atoms with Gasteiger partial charge in [-0.3, -0.25) is 0 Å². The van der Waals surface area contributed by atoms with Crippen LogP contribution in [-0.4, -0.2) is 15.9 Å². The quantitative estimate of drug-likeness (QED) is 0.808. The van der Waals surface area contributed by atoms with Gasteiger partial charge in [0.05, 0.1) is 11.6 Å². The van der Waals surface area contributed by atoms with Crippen molar-refractivity contribution in [3.63, 3.8) is 0 Å². The highest BCUT2D eigenvalue weighted by molar-refractivity contribution is 5.64. The van der Waals surface area contributed by atoms with Crippen LogP contribution in [0, 0.1) is 18.3 Å². The summed E-state index contributed by atoms with van der Waals surface area (Å²) in [5.74, 6) is 0.970. The molecule has 1 fully saturated rings. The van der Waals surface area contributed by atoms with Crippen molar-refractivity contribution in [3.05, 3.63) is 35.4 Å². The maximum Gasteiger partial charge on any atom is 0.166 e. The number of nitrogens with zero attached hydrogens (tertiary/aromatic N) is 3. The summed E-state index contributed by atoms with van der Waals surface area (Å²) >= 11 is 0. The van der Waals surface area contributed by atoms with Crippen LogP contribution in [0.4, 0.5) is 0 Å². The van der Waals surface area contributed by atoms with Gasteiger partial charge in [0.1, 0.15) is 11.9 Å². The zero-order valence-corrected chi connectivity index (χ0v) is 9.77. The average molecular weight is 226 g/mol. The largest absolute Gasteiger partial charge is 0.307 e. The molecule has 3 rings (SSSR count).